The number of ether oxygens (including phenoxy) is 1. The van der Waals surface area contributed by atoms with E-state index in [1.54, 1.807) is 24.4 Å². The fourth-order valence-electron chi connectivity index (χ4n) is 1.83. The molecule has 0 unspecified atom stereocenters. The summed E-state index contributed by atoms with van der Waals surface area (Å²) in [5.41, 5.74) is 1.75. The summed E-state index contributed by atoms with van der Waals surface area (Å²) in [6.45, 7) is 4.04. The zero-order valence-corrected chi connectivity index (χ0v) is 13.7. The minimum absolute atomic E-state index is 0.111. The predicted octanol–water partition coefficient (Wildman–Crippen LogP) is 4.97. The summed E-state index contributed by atoms with van der Waals surface area (Å²) in [6.07, 6.45) is 2.69. The molecule has 0 aromatic heterocycles. The Bertz CT molecular complexity index is 711. The first-order valence-corrected chi connectivity index (χ1v) is 7.71. The first kappa shape index (κ1) is 17.0. The Kier molecular flexibility index (Phi) is 5.77. The topological polar surface area (TPSA) is 58.9 Å². The molecule has 0 bridgehead atoms. The maximum absolute atomic E-state index is 10.8. The van der Waals surface area contributed by atoms with Crippen LogP contribution < -0.4 is 4.74 Å². The number of hydrogen-bond donors (Lipinski definition) is 1. The maximum Gasteiger partial charge on any atom is 0.335 e. The highest BCUT2D eigenvalue weighted by Gasteiger charge is 2.06. The molecule has 2 aromatic carbocycles. The second-order valence-corrected chi connectivity index (χ2v) is 5.54. The highest BCUT2D eigenvalue weighted by atomic mass is 35.5. The summed E-state index contributed by atoms with van der Waals surface area (Å²) in [5.74, 6) is -0.298. The van der Waals surface area contributed by atoms with Crippen molar-refractivity contribution in [3.63, 3.8) is 0 Å². The van der Waals surface area contributed by atoms with E-state index in [0.29, 0.717) is 16.5 Å². The van der Waals surface area contributed by atoms with Gasteiger partial charge in [0.2, 0.25) is 0 Å². The summed E-state index contributed by atoms with van der Waals surface area (Å²) in [4.78, 5) is 15.1. The molecule has 0 radical (unpaired) electrons. The van der Waals surface area contributed by atoms with E-state index in [1.807, 2.05) is 19.1 Å². The fraction of sp³-hybridized carbons (Fsp3) is 0.222. The van der Waals surface area contributed by atoms with Gasteiger partial charge in [0.1, 0.15) is 5.75 Å². The number of carbonyl (C=O) groups is 1. The van der Waals surface area contributed by atoms with Crippen LogP contribution in [-0.2, 0) is 0 Å². The van der Waals surface area contributed by atoms with E-state index in [2.05, 4.69) is 11.9 Å². The van der Waals surface area contributed by atoms with Crippen LogP contribution in [-0.4, -0.2) is 23.4 Å². The van der Waals surface area contributed by atoms with E-state index in [9.17, 15) is 4.79 Å². The summed E-state index contributed by atoms with van der Waals surface area (Å²) >= 11 is 6.22. The van der Waals surface area contributed by atoms with Crippen LogP contribution >= 0.6 is 11.6 Å². The van der Waals surface area contributed by atoms with Crippen molar-refractivity contribution >= 4 is 29.5 Å². The Hall–Kier alpha value is -2.33. The highest BCUT2D eigenvalue weighted by Crippen LogP contribution is 2.26. The maximum atomic E-state index is 10.8. The average molecular weight is 332 g/mol. The molecule has 0 heterocycles. The number of benzene rings is 2. The number of aliphatic imine (C=N–C) groups is 1. The van der Waals surface area contributed by atoms with Crippen LogP contribution in [0.3, 0.4) is 0 Å². The van der Waals surface area contributed by atoms with E-state index in [1.165, 1.54) is 12.1 Å². The molecule has 2 aromatic rings. The minimum Gasteiger partial charge on any atom is -0.489 e. The van der Waals surface area contributed by atoms with Crippen LogP contribution in [0.25, 0.3) is 0 Å². The smallest absolute Gasteiger partial charge is 0.335 e. The van der Waals surface area contributed by atoms with Crippen LogP contribution in [0.15, 0.2) is 47.5 Å². The lowest BCUT2D eigenvalue weighted by Gasteiger charge is -2.13. The summed E-state index contributed by atoms with van der Waals surface area (Å²) in [6, 6.07) is 11.8. The molecule has 0 saturated carbocycles. The van der Waals surface area contributed by atoms with Crippen LogP contribution in [0.5, 0.6) is 5.75 Å². The molecule has 0 aliphatic rings. The largest absolute Gasteiger partial charge is 0.489 e. The Morgan fingerprint density at radius 1 is 1.30 bits per heavy atom. The van der Waals surface area contributed by atoms with Crippen molar-refractivity contribution in [2.24, 2.45) is 4.99 Å². The van der Waals surface area contributed by atoms with Gasteiger partial charge in [-0.05, 0) is 61.4 Å². The average Bonchev–Trinajstić information content (AvgIpc) is 2.55. The molecule has 1 atom stereocenters. The quantitative estimate of drug-likeness (QED) is 0.760. The third-order valence-electron chi connectivity index (χ3n) is 3.34. The van der Waals surface area contributed by atoms with Crippen LogP contribution in [0.4, 0.5) is 5.69 Å². The van der Waals surface area contributed by atoms with E-state index in [4.69, 9.17) is 21.4 Å². The van der Waals surface area contributed by atoms with Gasteiger partial charge in [-0.2, -0.15) is 0 Å². The molecule has 0 aliphatic heterocycles. The number of nitrogens with zero attached hydrogens (tertiary/aromatic N) is 1. The van der Waals surface area contributed by atoms with E-state index in [0.717, 1.165) is 12.0 Å². The number of hydrogen-bond acceptors (Lipinski definition) is 3. The molecular formula is C18H18ClNO3. The Balaban J connectivity index is 2.10. The Morgan fingerprint density at radius 2 is 2.00 bits per heavy atom. The lowest BCUT2D eigenvalue weighted by molar-refractivity contribution is 0.0697. The third-order valence-corrected chi connectivity index (χ3v) is 3.63. The van der Waals surface area contributed by atoms with Gasteiger partial charge in [-0.3, -0.25) is 4.99 Å². The van der Waals surface area contributed by atoms with Crippen molar-refractivity contribution < 1.29 is 14.6 Å². The van der Waals surface area contributed by atoms with Gasteiger partial charge in [0, 0.05) is 6.21 Å². The first-order chi connectivity index (χ1) is 11.0. The van der Waals surface area contributed by atoms with Gasteiger partial charge in [0.15, 0.2) is 0 Å². The van der Waals surface area contributed by atoms with Gasteiger partial charge >= 0.3 is 5.97 Å². The standard InChI is InChI=1S/C18H18ClNO3/c1-3-12(2)23-17-9-4-13(10-16(17)19)11-20-15-7-5-14(6-8-15)18(21)22/h4-12H,3H2,1-2H3,(H,21,22)/t12-/m1/s1. The van der Waals surface area contributed by atoms with Gasteiger partial charge in [0.25, 0.3) is 0 Å². The number of rotatable bonds is 6. The predicted molar refractivity (Wildman–Crippen MR) is 92.5 cm³/mol. The van der Waals surface area contributed by atoms with Crippen molar-refractivity contribution in [2.45, 2.75) is 26.4 Å². The van der Waals surface area contributed by atoms with Crippen molar-refractivity contribution in [3.8, 4) is 5.75 Å². The monoisotopic (exact) mass is 331 g/mol. The van der Waals surface area contributed by atoms with E-state index in [-0.39, 0.29) is 11.7 Å². The van der Waals surface area contributed by atoms with Crippen molar-refractivity contribution in [1.82, 2.24) is 0 Å². The molecule has 4 nitrogen and oxygen atoms in total. The van der Waals surface area contributed by atoms with E-state index < -0.39 is 5.97 Å². The number of halogens is 1. The van der Waals surface area contributed by atoms with Crippen LogP contribution in [0.2, 0.25) is 5.02 Å². The first-order valence-electron chi connectivity index (χ1n) is 7.33. The molecule has 0 spiro atoms. The Morgan fingerprint density at radius 3 is 2.57 bits per heavy atom. The second-order valence-electron chi connectivity index (χ2n) is 5.14. The number of carboxylic acid groups (broad SMARTS) is 1. The van der Waals surface area contributed by atoms with Gasteiger partial charge in [-0.25, -0.2) is 4.79 Å². The van der Waals surface area contributed by atoms with Gasteiger partial charge in [-0.15, -0.1) is 0 Å². The summed E-state index contributed by atoms with van der Waals surface area (Å²) < 4.78 is 5.72. The van der Waals surface area contributed by atoms with Crippen molar-refractivity contribution in [3.05, 3.63) is 58.6 Å². The van der Waals surface area contributed by atoms with Crippen LogP contribution in [0.1, 0.15) is 36.2 Å². The lowest BCUT2D eigenvalue weighted by Crippen LogP contribution is -2.09. The molecule has 0 saturated heterocycles. The van der Waals surface area contributed by atoms with Gasteiger partial charge in [-0.1, -0.05) is 18.5 Å². The molecule has 23 heavy (non-hydrogen) atoms. The molecule has 0 fully saturated rings. The van der Waals surface area contributed by atoms with Crippen molar-refractivity contribution in [2.75, 3.05) is 0 Å². The molecule has 1 N–H and O–H groups in total. The van der Waals surface area contributed by atoms with E-state index >= 15 is 0 Å². The molecule has 2 rings (SSSR count). The van der Waals surface area contributed by atoms with Crippen LogP contribution in [0, 0.1) is 0 Å². The highest BCUT2D eigenvalue weighted by molar-refractivity contribution is 6.32. The zero-order chi connectivity index (χ0) is 16.8. The van der Waals surface area contributed by atoms with Crippen molar-refractivity contribution in [1.29, 1.82) is 0 Å². The third kappa shape index (κ3) is 4.83. The number of carboxylic acids is 1. The molecular weight excluding hydrogens is 314 g/mol. The minimum atomic E-state index is -0.954. The van der Waals surface area contributed by atoms with Gasteiger partial charge < -0.3 is 9.84 Å². The molecule has 0 amide bonds. The SMILES string of the molecule is CC[C@@H](C)Oc1ccc(C=Nc2ccc(C(=O)O)cc2)cc1Cl. The Labute approximate surface area is 140 Å². The summed E-state index contributed by atoms with van der Waals surface area (Å²) in [5, 5.41) is 9.39. The van der Waals surface area contributed by atoms with Gasteiger partial charge in [0.05, 0.1) is 22.4 Å². The fourth-order valence-corrected chi connectivity index (χ4v) is 2.07. The zero-order valence-electron chi connectivity index (χ0n) is 13.0. The molecule has 120 valence electrons. The normalized spacial score (nSPS) is 12.3. The number of aromatic carboxylic acids is 1. The summed E-state index contributed by atoms with van der Waals surface area (Å²) in [7, 11) is 0. The lowest BCUT2D eigenvalue weighted by atomic mass is 10.2. The molecule has 0 aliphatic carbocycles. The molecule has 5 heteroatoms. The second kappa shape index (κ2) is 7.79.